The summed E-state index contributed by atoms with van der Waals surface area (Å²) in [6.45, 7) is 10.6. The second-order valence-corrected chi connectivity index (χ2v) is 8.23. The van der Waals surface area contributed by atoms with Crippen LogP contribution in [0, 0.1) is 0 Å². The molecule has 2 unspecified atom stereocenters. The van der Waals surface area contributed by atoms with Gasteiger partial charge in [-0.3, -0.25) is 9.59 Å². The van der Waals surface area contributed by atoms with E-state index in [9.17, 15) is 19.2 Å². The quantitative estimate of drug-likeness (QED) is 0.106. The number of aliphatic hydroxyl groups is 3. The van der Waals surface area contributed by atoms with E-state index in [1.165, 1.54) is 6.08 Å². The smallest absolute Gasteiger partial charge is 0.241 e. The number of hydrogen-bond acceptors (Lipinski definition) is 7. The van der Waals surface area contributed by atoms with Crippen molar-refractivity contribution < 1.29 is 99.9 Å². The fraction of sp³-hybridized carbons (Fsp3) is 0.286. The van der Waals surface area contributed by atoms with Gasteiger partial charge in [-0.2, -0.15) is 0 Å². The summed E-state index contributed by atoms with van der Waals surface area (Å²) in [6.07, 6.45) is 6.65. The molecular formula is C42H62N2O7Y2-2. The van der Waals surface area contributed by atoms with Crippen LogP contribution in [0.25, 0.3) is 0 Å². The number of carbonyl (C=O) groups is 2. The first kappa shape index (κ1) is 68.0. The third-order valence-electron chi connectivity index (χ3n) is 4.40. The number of allylic oxidation sites excluding steroid dienone is 1. The molecule has 4 rings (SSSR count). The van der Waals surface area contributed by atoms with Crippen LogP contribution in [0.1, 0.15) is 48.0 Å². The van der Waals surface area contributed by atoms with Gasteiger partial charge >= 0.3 is 0 Å². The van der Waals surface area contributed by atoms with Crippen LogP contribution in [-0.4, -0.2) is 73.1 Å². The van der Waals surface area contributed by atoms with Gasteiger partial charge in [-0.1, -0.05) is 198 Å². The van der Waals surface area contributed by atoms with E-state index in [4.69, 9.17) is 15.3 Å². The summed E-state index contributed by atoms with van der Waals surface area (Å²) in [5.74, 6) is -0.385. The number of nitrogens with one attached hydrogen (secondary N) is 2. The first-order valence-corrected chi connectivity index (χ1v) is 16.2. The molecule has 0 saturated carbocycles. The van der Waals surface area contributed by atoms with Crippen LogP contribution in [0.15, 0.2) is 158 Å². The van der Waals surface area contributed by atoms with E-state index < -0.39 is 12.1 Å². The maximum atomic E-state index is 10.6. The van der Waals surface area contributed by atoms with Crippen molar-refractivity contribution in [3.8, 4) is 0 Å². The van der Waals surface area contributed by atoms with Crippen molar-refractivity contribution in [2.75, 3.05) is 21.3 Å². The van der Waals surface area contributed by atoms with E-state index in [1.54, 1.807) is 46.3 Å². The minimum absolute atomic E-state index is 0. The Morgan fingerprint density at radius 2 is 0.698 bits per heavy atom. The molecule has 0 aliphatic carbocycles. The van der Waals surface area contributed by atoms with Gasteiger partial charge in [0.1, 0.15) is 0 Å². The molecule has 2 radical (unpaired) electrons. The SMILES string of the molecule is CC.CC=CC(=O)NC(C)[C-]=O.CCC(=O)NC(C)[C-]=O.CO.CO.CO.[Y].[Y].c1ccccc1.c1ccccc1.c1ccccc1.c1ccccc1. The molecule has 0 aromatic heterocycles. The summed E-state index contributed by atoms with van der Waals surface area (Å²) in [5, 5.41) is 25.8. The molecule has 0 aliphatic rings. The van der Waals surface area contributed by atoms with E-state index >= 15 is 0 Å². The first-order chi connectivity index (χ1) is 24.9. The van der Waals surface area contributed by atoms with Crippen molar-refractivity contribution in [3.63, 3.8) is 0 Å². The van der Waals surface area contributed by atoms with Gasteiger partial charge in [-0.05, 0) is 13.0 Å². The first-order valence-electron chi connectivity index (χ1n) is 16.2. The van der Waals surface area contributed by atoms with E-state index in [0.717, 1.165) is 21.3 Å². The third-order valence-corrected chi connectivity index (χ3v) is 4.40. The molecule has 0 fully saturated rings. The van der Waals surface area contributed by atoms with Crippen LogP contribution < -0.4 is 10.6 Å². The Balaban J connectivity index is -0.0000000735. The van der Waals surface area contributed by atoms with Crippen LogP contribution in [0.2, 0.25) is 0 Å². The average molecular weight is 885 g/mol. The summed E-state index contributed by atoms with van der Waals surface area (Å²) in [7, 11) is 3.00. The number of rotatable bonds is 6. The van der Waals surface area contributed by atoms with Crippen LogP contribution in [0.3, 0.4) is 0 Å². The van der Waals surface area contributed by atoms with Gasteiger partial charge in [0, 0.05) is 93.2 Å². The molecule has 4 aromatic rings. The van der Waals surface area contributed by atoms with Gasteiger partial charge in [0.2, 0.25) is 11.8 Å². The van der Waals surface area contributed by atoms with Gasteiger partial charge in [0.15, 0.2) is 0 Å². The Hall–Kier alpha value is -3.01. The Kier molecular flexibility index (Phi) is 90.6. The Morgan fingerprint density at radius 3 is 0.849 bits per heavy atom. The van der Waals surface area contributed by atoms with Crippen molar-refractivity contribution in [2.24, 2.45) is 0 Å². The summed E-state index contributed by atoms with van der Waals surface area (Å²) >= 11 is 0. The predicted octanol–water partition coefficient (Wildman–Crippen LogP) is 6.78. The molecule has 2 atom stereocenters. The van der Waals surface area contributed by atoms with Crippen molar-refractivity contribution in [1.29, 1.82) is 0 Å². The van der Waals surface area contributed by atoms with Crippen molar-refractivity contribution >= 4 is 24.4 Å². The molecule has 0 aliphatic heterocycles. The number of amides is 2. The van der Waals surface area contributed by atoms with Crippen molar-refractivity contribution in [3.05, 3.63) is 158 Å². The maximum Gasteiger partial charge on any atom is 0.241 e. The molecule has 4 aromatic carbocycles. The van der Waals surface area contributed by atoms with Gasteiger partial charge in [-0.15, -0.1) is 0 Å². The molecule has 53 heavy (non-hydrogen) atoms. The monoisotopic (exact) mass is 884 g/mol. The van der Waals surface area contributed by atoms with Crippen LogP contribution in [0.5, 0.6) is 0 Å². The Morgan fingerprint density at radius 1 is 0.509 bits per heavy atom. The predicted molar refractivity (Wildman–Crippen MR) is 213 cm³/mol. The third kappa shape index (κ3) is 74.9. The summed E-state index contributed by atoms with van der Waals surface area (Å²) in [6, 6.07) is 47.0. The average Bonchev–Trinajstić information content (AvgIpc) is 3.24. The van der Waals surface area contributed by atoms with E-state index in [2.05, 4.69) is 10.6 Å². The molecule has 0 heterocycles. The largest absolute Gasteiger partial charge is 0.540 e. The summed E-state index contributed by atoms with van der Waals surface area (Å²) in [4.78, 5) is 40.8. The second-order valence-electron chi connectivity index (χ2n) is 8.23. The number of benzene rings is 4. The molecule has 2 amide bonds. The minimum Gasteiger partial charge on any atom is -0.540 e. The summed E-state index contributed by atoms with van der Waals surface area (Å²) < 4.78 is 0. The van der Waals surface area contributed by atoms with Crippen LogP contribution in [0.4, 0.5) is 0 Å². The number of carbonyl (C=O) groups excluding carboxylic acids is 4. The molecule has 5 N–H and O–H groups in total. The standard InChI is InChI=1S/C7H10NO2.C6H10NO2.4C6H6.C2H6.3CH4O.2Y/c1-3-4-7(10)8-6(2)5-9;1-3-6(9)7-5(2)4-8;4*1-2-4-6-5-3-1;4*1-2;;/h3-4,6H,1-2H3,(H,8,10);5H,3H2,1-2H3,(H,7,9);4*1-6H;1-2H3;3*2H,1H3;;/q2*-1;;;;;;;;;;. The number of hydrogen-bond donors (Lipinski definition) is 5. The zero-order valence-corrected chi connectivity index (χ0v) is 38.7. The second kappa shape index (κ2) is 70.5. The fourth-order valence-corrected chi connectivity index (χ4v) is 2.35. The zero-order chi connectivity index (χ0) is 40.2. The molecule has 9 nitrogen and oxygen atoms in total. The minimum atomic E-state index is -0.524. The normalized spacial score (nSPS) is 8.60. The van der Waals surface area contributed by atoms with Gasteiger partial charge in [-0.25, -0.2) is 12.6 Å². The van der Waals surface area contributed by atoms with Crippen LogP contribution >= 0.6 is 0 Å². The van der Waals surface area contributed by atoms with Gasteiger partial charge in [0.05, 0.1) is 0 Å². The van der Waals surface area contributed by atoms with E-state index in [-0.39, 0.29) is 77.2 Å². The van der Waals surface area contributed by atoms with Crippen molar-refractivity contribution in [2.45, 2.75) is 60.0 Å². The van der Waals surface area contributed by atoms with Crippen molar-refractivity contribution in [1.82, 2.24) is 10.6 Å². The number of aliphatic hydroxyl groups excluding tert-OH is 3. The zero-order valence-electron chi connectivity index (χ0n) is 33.0. The maximum absolute atomic E-state index is 10.6. The molecular weight excluding hydrogens is 822 g/mol. The molecule has 290 valence electrons. The van der Waals surface area contributed by atoms with Gasteiger partial charge < -0.3 is 35.5 Å². The summed E-state index contributed by atoms with van der Waals surface area (Å²) in [5.41, 5.74) is 0. The van der Waals surface area contributed by atoms with E-state index in [1.807, 2.05) is 159 Å². The van der Waals surface area contributed by atoms with E-state index in [0.29, 0.717) is 6.42 Å². The Labute approximate surface area is 370 Å². The Bertz CT molecular complexity index is 946. The molecule has 11 heteroatoms. The van der Waals surface area contributed by atoms with Gasteiger partial charge in [0.25, 0.3) is 0 Å². The molecule has 0 saturated heterocycles. The molecule has 0 bridgehead atoms. The topological polar surface area (TPSA) is 153 Å². The van der Waals surface area contributed by atoms with Crippen LogP contribution in [-0.2, 0) is 84.6 Å². The fourth-order valence-electron chi connectivity index (χ4n) is 2.35. The molecule has 0 spiro atoms.